The minimum Gasteiger partial charge on any atom is -0.497 e. The number of fused-ring (bicyclic) bond motifs is 1. The van der Waals surface area contributed by atoms with Crippen molar-refractivity contribution in [2.24, 2.45) is 0 Å². The molecule has 0 spiro atoms. The number of methoxy groups -OCH3 is 1. The van der Waals surface area contributed by atoms with E-state index >= 15 is 0 Å². The van der Waals surface area contributed by atoms with E-state index in [4.69, 9.17) is 18.9 Å². The van der Waals surface area contributed by atoms with Gasteiger partial charge in [-0.2, -0.15) is 0 Å². The van der Waals surface area contributed by atoms with Gasteiger partial charge in [-0.25, -0.2) is 0 Å². The molecule has 4 atom stereocenters. The second-order valence-electron chi connectivity index (χ2n) is 5.74. The molecule has 2 heterocycles. The van der Waals surface area contributed by atoms with Gasteiger partial charge in [-0.1, -0.05) is 31.2 Å². The minimum absolute atomic E-state index is 0.0180. The van der Waals surface area contributed by atoms with E-state index in [1.807, 2.05) is 24.3 Å². The standard InChI is InChI=1S/C18H24O4/c1-3-14-6-4-5-7-16-17(21-14)12-20-18(22-16)13-8-10-15(19-2)11-9-13/h4,6,8-11,14,16-18H,3,5,7,12H2,1-2H3/b6-4-/t14-,16-,17+,18+/m0/s1. The van der Waals surface area contributed by atoms with Crippen molar-refractivity contribution in [1.29, 1.82) is 0 Å². The first-order valence-electron chi connectivity index (χ1n) is 8.03. The smallest absolute Gasteiger partial charge is 0.184 e. The Morgan fingerprint density at radius 1 is 1.14 bits per heavy atom. The molecule has 22 heavy (non-hydrogen) atoms. The van der Waals surface area contributed by atoms with Gasteiger partial charge in [0.25, 0.3) is 0 Å². The van der Waals surface area contributed by atoms with Gasteiger partial charge >= 0.3 is 0 Å². The molecule has 1 fully saturated rings. The van der Waals surface area contributed by atoms with Crippen LogP contribution in [0.5, 0.6) is 5.75 Å². The second-order valence-corrected chi connectivity index (χ2v) is 5.74. The molecule has 0 aromatic heterocycles. The van der Waals surface area contributed by atoms with E-state index < -0.39 is 0 Å². The van der Waals surface area contributed by atoms with Crippen LogP contribution in [0.1, 0.15) is 38.0 Å². The average Bonchev–Trinajstić information content (AvgIpc) is 2.55. The summed E-state index contributed by atoms with van der Waals surface area (Å²) in [6.07, 6.45) is 7.27. The fraction of sp³-hybridized carbons (Fsp3) is 0.556. The first-order valence-corrected chi connectivity index (χ1v) is 8.03. The van der Waals surface area contributed by atoms with Crippen LogP contribution in [0.15, 0.2) is 36.4 Å². The van der Waals surface area contributed by atoms with E-state index in [1.165, 1.54) is 0 Å². The first-order chi connectivity index (χ1) is 10.8. The normalized spacial score (nSPS) is 33.4. The van der Waals surface area contributed by atoms with Gasteiger partial charge in [0.05, 0.1) is 25.9 Å². The molecule has 4 nitrogen and oxygen atoms in total. The van der Waals surface area contributed by atoms with E-state index in [0.717, 1.165) is 30.6 Å². The van der Waals surface area contributed by atoms with E-state index in [9.17, 15) is 0 Å². The number of benzene rings is 1. The highest BCUT2D eigenvalue weighted by molar-refractivity contribution is 5.28. The Kier molecular flexibility index (Phi) is 5.13. The summed E-state index contributed by atoms with van der Waals surface area (Å²) in [4.78, 5) is 0. The zero-order chi connectivity index (χ0) is 15.4. The third-order valence-electron chi connectivity index (χ3n) is 4.23. The fourth-order valence-corrected chi connectivity index (χ4v) is 2.90. The summed E-state index contributed by atoms with van der Waals surface area (Å²) in [6, 6.07) is 7.84. The highest BCUT2D eigenvalue weighted by atomic mass is 16.7. The molecule has 1 aromatic carbocycles. The van der Waals surface area contributed by atoms with Crippen molar-refractivity contribution in [3.8, 4) is 5.75 Å². The van der Waals surface area contributed by atoms with Crippen LogP contribution in [-0.4, -0.2) is 32.0 Å². The van der Waals surface area contributed by atoms with Crippen molar-refractivity contribution in [3.05, 3.63) is 42.0 Å². The van der Waals surface area contributed by atoms with Crippen molar-refractivity contribution >= 4 is 0 Å². The Bertz CT molecular complexity index is 496. The number of hydrogen-bond acceptors (Lipinski definition) is 4. The predicted octanol–water partition coefficient (Wildman–Crippen LogP) is 3.62. The molecule has 120 valence electrons. The lowest BCUT2D eigenvalue weighted by atomic mass is 10.0. The zero-order valence-electron chi connectivity index (χ0n) is 13.2. The van der Waals surface area contributed by atoms with Gasteiger partial charge in [0, 0.05) is 5.56 Å². The van der Waals surface area contributed by atoms with Crippen LogP contribution < -0.4 is 4.74 Å². The van der Waals surface area contributed by atoms with Crippen molar-refractivity contribution in [1.82, 2.24) is 0 Å². The summed E-state index contributed by atoms with van der Waals surface area (Å²) in [5.41, 5.74) is 1.02. The summed E-state index contributed by atoms with van der Waals surface area (Å²) >= 11 is 0. The Hall–Kier alpha value is -1.36. The maximum atomic E-state index is 6.16. The molecule has 0 saturated carbocycles. The molecule has 0 N–H and O–H groups in total. The van der Waals surface area contributed by atoms with Gasteiger partial charge in [0.15, 0.2) is 6.29 Å². The lowest BCUT2D eigenvalue weighted by Gasteiger charge is -2.38. The summed E-state index contributed by atoms with van der Waals surface area (Å²) in [6.45, 7) is 2.71. The molecular weight excluding hydrogens is 280 g/mol. The van der Waals surface area contributed by atoms with Crippen LogP contribution in [0.4, 0.5) is 0 Å². The summed E-state index contributed by atoms with van der Waals surface area (Å²) in [7, 11) is 1.66. The molecule has 0 aliphatic carbocycles. The van der Waals surface area contributed by atoms with Crippen LogP contribution in [-0.2, 0) is 14.2 Å². The maximum absolute atomic E-state index is 6.16. The van der Waals surface area contributed by atoms with E-state index in [1.54, 1.807) is 7.11 Å². The Morgan fingerprint density at radius 3 is 2.68 bits per heavy atom. The Balaban J connectivity index is 1.68. The summed E-state index contributed by atoms with van der Waals surface area (Å²) in [5.74, 6) is 0.836. The first kappa shape index (κ1) is 15.5. The van der Waals surface area contributed by atoms with Gasteiger partial charge in [-0.05, 0) is 31.4 Å². The molecule has 2 aliphatic heterocycles. The molecular formula is C18H24O4. The summed E-state index contributed by atoms with van der Waals surface area (Å²) < 4.78 is 23.3. The number of allylic oxidation sites excluding steroid dienone is 1. The molecule has 1 aromatic rings. The van der Waals surface area contributed by atoms with Crippen LogP contribution in [0, 0.1) is 0 Å². The zero-order valence-corrected chi connectivity index (χ0v) is 13.2. The number of ether oxygens (including phenoxy) is 4. The van der Waals surface area contributed by atoms with Crippen LogP contribution >= 0.6 is 0 Å². The molecule has 1 saturated heterocycles. The highest BCUT2D eigenvalue weighted by Crippen LogP contribution is 2.32. The van der Waals surface area contributed by atoms with E-state index in [0.29, 0.717) is 6.61 Å². The maximum Gasteiger partial charge on any atom is 0.184 e. The quantitative estimate of drug-likeness (QED) is 0.799. The van der Waals surface area contributed by atoms with Crippen LogP contribution in [0.2, 0.25) is 0 Å². The van der Waals surface area contributed by atoms with Crippen LogP contribution in [0.25, 0.3) is 0 Å². The third kappa shape index (κ3) is 3.51. The molecule has 0 radical (unpaired) electrons. The average molecular weight is 304 g/mol. The largest absolute Gasteiger partial charge is 0.497 e. The SMILES string of the molecule is CC[C@H]1/C=C\CC[C@@H]2O[C@H](c3ccc(OC)cc3)OC[C@H]2O1. The Morgan fingerprint density at radius 2 is 1.95 bits per heavy atom. The molecule has 0 bridgehead atoms. The van der Waals surface area contributed by atoms with Gasteiger partial charge in [0.1, 0.15) is 11.9 Å². The van der Waals surface area contributed by atoms with Gasteiger partial charge < -0.3 is 18.9 Å². The van der Waals surface area contributed by atoms with Crippen molar-refractivity contribution < 1.29 is 18.9 Å². The van der Waals surface area contributed by atoms with Crippen LogP contribution in [0.3, 0.4) is 0 Å². The van der Waals surface area contributed by atoms with Gasteiger partial charge in [-0.3, -0.25) is 0 Å². The van der Waals surface area contributed by atoms with Crippen molar-refractivity contribution in [3.63, 3.8) is 0 Å². The van der Waals surface area contributed by atoms with Gasteiger partial charge in [-0.15, -0.1) is 0 Å². The molecule has 2 aliphatic rings. The van der Waals surface area contributed by atoms with E-state index in [-0.39, 0.29) is 24.6 Å². The molecule has 4 heteroatoms. The second kappa shape index (κ2) is 7.27. The number of hydrogen-bond donors (Lipinski definition) is 0. The topological polar surface area (TPSA) is 36.9 Å². The monoisotopic (exact) mass is 304 g/mol. The lowest BCUT2D eigenvalue weighted by Crippen LogP contribution is -2.44. The third-order valence-corrected chi connectivity index (χ3v) is 4.23. The predicted molar refractivity (Wildman–Crippen MR) is 83.9 cm³/mol. The minimum atomic E-state index is -0.320. The van der Waals surface area contributed by atoms with Crippen molar-refractivity contribution in [2.75, 3.05) is 13.7 Å². The fourth-order valence-electron chi connectivity index (χ4n) is 2.90. The van der Waals surface area contributed by atoms with Crippen molar-refractivity contribution in [2.45, 2.75) is 50.8 Å². The highest BCUT2D eigenvalue weighted by Gasteiger charge is 2.34. The Labute approximate surface area is 132 Å². The number of rotatable bonds is 3. The molecule has 0 amide bonds. The van der Waals surface area contributed by atoms with E-state index in [2.05, 4.69) is 19.1 Å². The summed E-state index contributed by atoms with van der Waals surface area (Å²) in [5, 5.41) is 0. The molecule has 0 unspecified atom stereocenters. The lowest BCUT2D eigenvalue weighted by molar-refractivity contribution is -0.271. The molecule has 3 rings (SSSR count). The van der Waals surface area contributed by atoms with Gasteiger partial charge in [0.2, 0.25) is 0 Å².